The van der Waals surface area contributed by atoms with Crippen LogP contribution in [0.25, 0.3) is 0 Å². The lowest BCUT2D eigenvalue weighted by Crippen LogP contribution is -2.10. The minimum Gasteiger partial charge on any atom is -0.335 e. The van der Waals surface area contributed by atoms with E-state index in [1.54, 1.807) is 23.1 Å². The molecular weight excluding hydrogens is 253 g/mol. The van der Waals surface area contributed by atoms with Crippen LogP contribution in [0.1, 0.15) is 10.4 Å². The number of amides is 1. The average molecular weight is 261 g/mol. The summed E-state index contributed by atoms with van der Waals surface area (Å²) in [4.78, 5) is 13.3. The second-order valence-corrected chi connectivity index (χ2v) is 4.18. The van der Waals surface area contributed by atoms with Crippen LogP contribution in [0.5, 0.6) is 0 Å². The van der Waals surface area contributed by atoms with Crippen LogP contribution >= 0.6 is 27.5 Å². The van der Waals surface area contributed by atoms with Crippen LogP contribution in [0.15, 0.2) is 22.7 Å². The minimum absolute atomic E-state index is 0.0809. The second kappa shape index (κ2) is 3.31. The highest BCUT2D eigenvalue weighted by molar-refractivity contribution is 9.10. The number of nitrogens with zero attached hydrogens (tertiary/aromatic N) is 1. The summed E-state index contributed by atoms with van der Waals surface area (Å²) in [6, 6.07) is 5.22. The van der Waals surface area contributed by atoms with E-state index >= 15 is 0 Å². The number of carbonyl (C=O) groups excluding carboxylic acids is 1. The zero-order valence-electron chi connectivity index (χ0n) is 6.76. The summed E-state index contributed by atoms with van der Waals surface area (Å²) in [6.45, 7) is 1.75. The Balaban J connectivity index is 2.30. The van der Waals surface area contributed by atoms with Crippen molar-refractivity contribution in [3.8, 4) is 0 Å². The lowest BCUT2D eigenvalue weighted by atomic mass is 10.2. The summed E-state index contributed by atoms with van der Waals surface area (Å²) in [5.74, 6) is 0.0809. The first-order valence-corrected chi connectivity index (χ1v) is 5.10. The van der Waals surface area contributed by atoms with Crippen LogP contribution in [0, 0.1) is 0 Å². The molecule has 1 heterocycles. The van der Waals surface area contributed by atoms with Gasteiger partial charge in [0.1, 0.15) is 0 Å². The molecule has 0 N–H and O–H groups in total. The smallest absolute Gasteiger partial charge is 0.254 e. The zero-order valence-corrected chi connectivity index (χ0v) is 9.10. The van der Waals surface area contributed by atoms with Crippen LogP contribution < -0.4 is 0 Å². The third-order valence-corrected chi connectivity index (χ3v) is 3.11. The van der Waals surface area contributed by atoms with E-state index in [1.807, 2.05) is 0 Å². The fraction of sp³-hybridized carbons (Fsp3) is 0.222. The van der Waals surface area contributed by atoms with E-state index in [2.05, 4.69) is 15.9 Å². The van der Waals surface area contributed by atoms with Crippen LogP contribution in [-0.4, -0.2) is 23.9 Å². The highest BCUT2D eigenvalue weighted by Crippen LogP contribution is 2.24. The number of hydrogen-bond acceptors (Lipinski definition) is 1. The number of rotatable bonds is 1. The van der Waals surface area contributed by atoms with Gasteiger partial charge in [0.2, 0.25) is 0 Å². The zero-order chi connectivity index (χ0) is 9.42. The Morgan fingerprint density at radius 1 is 1.46 bits per heavy atom. The molecule has 4 heteroatoms. The molecule has 1 aromatic rings. The minimum atomic E-state index is 0.0809. The summed E-state index contributed by atoms with van der Waals surface area (Å²) in [7, 11) is 0. The molecule has 1 saturated heterocycles. The molecular formula is C9H7BrClNO. The normalized spacial score (nSPS) is 14.5. The molecule has 0 spiro atoms. The van der Waals surface area contributed by atoms with Gasteiger partial charge >= 0.3 is 0 Å². The van der Waals surface area contributed by atoms with Crippen LogP contribution in [0.3, 0.4) is 0 Å². The molecule has 1 aliphatic rings. The lowest BCUT2D eigenvalue weighted by Gasteiger charge is -2.02. The van der Waals surface area contributed by atoms with Crippen molar-refractivity contribution in [3.63, 3.8) is 0 Å². The van der Waals surface area contributed by atoms with Gasteiger partial charge in [0.25, 0.3) is 5.91 Å². The predicted molar refractivity (Wildman–Crippen MR) is 55.1 cm³/mol. The molecule has 0 saturated carbocycles. The molecule has 0 aromatic heterocycles. The number of hydrogen-bond donors (Lipinski definition) is 0. The molecule has 68 valence electrons. The van der Waals surface area contributed by atoms with E-state index in [-0.39, 0.29) is 5.91 Å². The maximum atomic E-state index is 11.5. The maximum Gasteiger partial charge on any atom is 0.254 e. The largest absolute Gasteiger partial charge is 0.335 e. The standard InChI is InChI=1S/C9H7BrClNO/c10-7-5-6(1-2-8(7)11)9(13)12-3-4-12/h1-2,5H,3-4H2. The van der Waals surface area contributed by atoms with Crippen molar-refractivity contribution in [2.24, 2.45) is 0 Å². The first-order chi connectivity index (χ1) is 6.18. The first-order valence-electron chi connectivity index (χ1n) is 3.93. The molecule has 1 aliphatic heterocycles. The van der Waals surface area contributed by atoms with E-state index in [1.165, 1.54) is 0 Å². The Hall–Kier alpha value is -0.540. The van der Waals surface area contributed by atoms with Crippen molar-refractivity contribution in [3.05, 3.63) is 33.3 Å². The maximum absolute atomic E-state index is 11.5. The molecule has 0 bridgehead atoms. The Morgan fingerprint density at radius 3 is 2.69 bits per heavy atom. The number of carbonyl (C=O) groups is 1. The van der Waals surface area contributed by atoms with Crippen molar-refractivity contribution in [1.29, 1.82) is 0 Å². The van der Waals surface area contributed by atoms with Crippen LogP contribution in [-0.2, 0) is 0 Å². The summed E-state index contributed by atoms with van der Waals surface area (Å²) in [5, 5.41) is 0.627. The van der Waals surface area contributed by atoms with Crippen molar-refractivity contribution < 1.29 is 4.79 Å². The second-order valence-electron chi connectivity index (χ2n) is 2.92. The molecule has 1 amide bonds. The quantitative estimate of drug-likeness (QED) is 0.711. The first kappa shape index (κ1) is 9.03. The van der Waals surface area contributed by atoms with Gasteiger partial charge in [-0.1, -0.05) is 11.6 Å². The fourth-order valence-electron chi connectivity index (χ4n) is 1.06. The molecule has 0 atom stereocenters. The van der Waals surface area contributed by atoms with Gasteiger partial charge in [0.05, 0.1) is 5.02 Å². The molecule has 13 heavy (non-hydrogen) atoms. The monoisotopic (exact) mass is 259 g/mol. The van der Waals surface area contributed by atoms with Crippen LogP contribution in [0.4, 0.5) is 0 Å². The van der Waals surface area contributed by atoms with Gasteiger partial charge in [-0.15, -0.1) is 0 Å². The highest BCUT2D eigenvalue weighted by atomic mass is 79.9. The van der Waals surface area contributed by atoms with Gasteiger partial charge in [-0.2, -0.15) is 0 Å². The summed E-state index contributed by atoms with van der Waals surface area (Å²) in [6.07, 6.45) is 0. The topological polar surface area (TPSA) is 20.1 Å². The predicted octanol–water partition coefficient (Wildman–Crippen LogP) is 2.56. The Kier molecular flexibility index (Phi) is 2.30. The molecule has 0 aliphatic carbocycles. The Bertz CT molecular complexity index is 363. The average Bonchev–Trinajstić information content (AvgIpc) is 2.91. The van der Waals surface area contributed by atoms with Gasteiger partial charge in [0.15, 0.2) is 0 Å². The van der Waals surface area contributed by atoms with E-state index < -0.39 is 0 Å². The molecule has 0 unspecified atom stereocenters. The third-order valence-electron chi connectivity index (χ3n) is 1.90. The summed E-state index contributed by atoms with van der Waals surface area (Å²) < 4.78 is 0.766. The van der Waals surface area contributed by atoms with Gasteiger partial charge in [-0.05, 0) is 34.1 Å². The van der Waals surface area contributed by atoms with Gasteiger partial charge in [0, 0.05) is 23.1 Å². The van der Waals surface area contributed by atoms with Crippen molar-refractivity contribution >= 4 is 33.4 Å². The summed E-state index contributed by atoms with van der Waals surface area (Å²) >= 11 is 9.09. The fourth-order valence-corrected chi connectivity index (χ4v) is 1.56. The van der Waals surface area contributed by atoms with E-state index in [0.29, 0.717) is 10.6 Å². The Labute approximate surface area is 89.6 Å². The Morgan fingerprint density at radius 2 is 2.15 bits per heavy atom. The molecule has 1 aromatic carbocycles. The highest BCUT2D eigenvalue weighted by Gasteiger charge is 2.25. The van der Waals surface area contributed by atoms with Crippen molar-refractivity contribution in [2.75, 3.05) is 13.1 Å². The number of halogens is 2. The van der Waals surface area contributed by atoms with Crippen LogP contribution in [0.2, 0.25) is 5.02 Å². The van der Waals surface area contributed by atoms with E-state index in [9.17, 15) is 4.79 Å². The van der Waals surface area contributed by atoms with E-state index in [4.69, 9.17) is 11.6 Å². The molecule has 0 radical (unpaired) electrons. The molecule has 2 nitrogen and oxygen atoms in total. The van der Waals surface area contributed by atoms with Gasteiger partial charge < -0.3 is 4.90 Å². The SMILES string of the molecule is O=C(c1ccc(Cl)c(Br)c1)N1CC1. The van der Waals surface area contributed by atoms with Gasteiger partial charge in [-0.3, -0.25) is 4.79 Å². The lowest BCUT2D eigenvalue weighted by molar-refractivity contribution is 0.0885. The van der Waals surface area contributed by atoms with E-state index in [0.717, 1.165) is 17.6 Å². The van der Waals surface area contributed by atoms with Crippen molar-refractivity contribution in [2.45, 2.75) is 0 Å². The molecule has 1 fully saturated rings. The van der Waals surface area contributed by atoms with Gasteiger partial charge in [-0.25, -0.2) is 0 Å². The number of benzene rings is 1. The third kappa shape index (κ3) is 1.86. The summed E-state index contributed by atoms with van der Waals surface area (Å²) in [5.41, 5.74) is 0.689. The van der Waals surface area contributed by atoms with Crippen molar-refractivity contribution in [1.82, 2.24) is 4.90 Å². The molecule has 2 rings (SSSR count).